The maximum Gasteiger partial charge on any atom is 0.243 e. The van der Waals surface area contributed by atoms with Crippen LogP contribution >= 0.6 is 27.5 Å². The quantitative estimate of drug-likeness (QED) is 0.603. The predicted octanol–water partition coefficient (Wildman–Crippen LogP) is 4.94. The van der Waals surface area contributed by atoms with E-state index in [4.69, 9.17) is 21.1 Å². The van der Waals surface area contributed by atoms with Crippen molar-refractivity contribution < 1.29 is 13.9 Å². The Morgan fingerprint density at radius 3 is 2.65 bits per heavy atom. The summed E-state index contributed by atoms with van der Waals surface area (Å²) in [6.45, 7) is 4.40. The third-order valence-corrected chi connectivity index (χ3v) is 4.36. The standard InChI is InChI=1S/C15H13BrClFN4O2.C2H6/c1-23-9-4-3-8(11(5-9)24-2)6-19-14-13-12(16)10(18)7-22(13)21-15(17)20-14;1-2/h3-5,7H,6H2,1-2H3,(H,19,20,21);1-2H3. The number of methoxy groups -OCH3 is 2. The molecule has 1 aromatic carbocycles. The normalized spacial score (nSPS) is 10.3. The molecule has 0 radical (unpaired) electrons. The maximum atomic E-state index is 13.8. The molecule has 140 valence electrons. The van der Waals surface area contributed by atoms with Crippen LogP contribution in [0, 0.1) is 5.82 Å². The Morgan fingerprint density at radius 2 is 2.00 bits per heavy atom. The van der Waals surface area contributed by atoms with E-state index < -0.39 is 5.82 Å². The lowest BCUT2D eigenvalue weighted by Crippen LogP contribution is -2.06. The highest BCUT2D eigenvalue weighted by Gasteiger charge is 2.16. The number of rotatable bonds is 5. The van der Waals surface area contributed by atoms with Crippen molar-refractivity contribution in [3.05, 3.63) is 45.5 Å². The van der Waals surface area contributed by atoms with Gasteiger partial charge < -0.3 is 14.8 Å². The van der Waals surface area contributed by atoms with Gasteiger partial charge in [-0.25, -0.2) is 8.91 Å². The molecule has 3 aromatic rings. The summed E-state index contributed by atoms with van der Waals surface area (Å²) < 4.78 is 25.9. The average molecular weight is 446 g/mol. The summed E-state index contributed by atoms with van der Waals surface area (Å²) in [5.41, 5.74) is 1.35. The van der Waals surface area contributed by atoms with Gasteiger partial charge in [0.25, 0.3) is 0 Å². The summed E-state index contributed by atoms with van der Waals surface area (Å²) >= 11 is 9.10. The van der Waals surface area contributed by atoms with Gasteiger partial charge in [0.05, 0.1) is 24.9 Å². The highest BCUT2D eigenvalue weighted by molar-refractivity contribution is 9.10. The van der Waals surface area contributed by atoms with Gasteiger partial charge in [-0.2, -0.15) is 4.98 Å². The van der Waals surface area contributed by atoms with Crippen molar-refractivity contribution >= 4 is 38.9 Å². The van der Waals surface area contributed by atoms with E-state index in [-0.39, 0.29) is 9.76 Å². The smallest absolute Gasteiger partial charge is 0.243 e. The molecule has 0 atom stereocenters. The van der Waals surface area contributed by atoms with Crippen LogP contribution in [0.2, 0.25) is 5.28 Å². The summed E-state index contributed by atoms with van der Waals surface area (Å²) in [7, 11) is 3.17. The van der Waals surface area contributed by atoms with Crippen molar-refractivity contribution in [2.75, 3.05) is 19.5 Å². The van der Waals surface area contributed by atoms with E-state index in [9.17, 15) is 4.39 Å². The van der Waals surface area contributed by atoms with Gasteiger partial charge >= 0.3 is 0 Å². The monoisotopic (exact) mass is 444 g/mol. The summed E-state index contributed by atoms with van der Waals surface area (Å²) in [6.07, 6.45) is 1.23. The van der Waals surface area contributed by atoms with Gasteiger partial charge in [-0.3, -0.25) is 0 Å². The van der Waals surface area contributed by atoms with E-state index in [0.29, 0.717) is 29.4 Å². The van der Waals surface area contributed by atoms with Gasteiger partial charge in [-0.05, 0) is 39.7 Å². The summed E-state index contributed by atoms with van der Waals surface area (Å²) in [5, 5.41) is 7.09. The third kappa shape index (κ3) is 4.19. The van der Waals surface area contributed by atoms with E-state index in [0.717, 1.165) is 5.56 Å². The largest absolute Gasteiger partial charge is 0.497 e. The molecule has 0 aliphatic carbocycles. The molecule has 9 heteroatoms. The number of ether oxygens (including phenoxy) is 2. The SMILES string of the molecule is CC.COc1ccc(CNc2nc(Cl)nn3cc(F)c(Br)c23)c(OC)c1. The first-order valence-electron chi connectivity index (χ1n) is 7.88. The number of hydrogen-bond donors (Lipinski definition) is 1. The lowest BCUT2D eigenvalue weighted by molar-refractivity contribution is 0.391. The second kappa shape index (κ2) is 9.05. The fourth-order valence-corrected chi connectivity index (χ4v) is 2.93. The van der Waals surface area contributed by atoms with Gasteiger partial charge in [0.2, 0.25) is 5.28 Å². The zero-order chi connectivity index (χ0) is 19.3. The molecule has 0 fully saturated rings. The van der Waals surface area contributed by atoms with E-state index in [1.54, 1.807) is 20.3 Å². The predicted molar refractivity (Wildman–Crippen MR) is 104 cm³/mol. The van der Waals surface area contributed by atoms with Gasteiger partial charge in [0, 0.05) is 18.2 Å². The fourth-order valence-electron chi connectivity index (χ4n) is 2.29. The molecular formula is C17H19BrClFN4O2. The Morgan fingerprint density at radius 1 is 1.27 bits per heavy atom. The Hall–Kier alpha value is -2.06. The molecular weight excluding hydrogens is 427 g/mol. The molecule has 0 amide bonds. The van der Waals surface area contributed by atoms with E-state index in [1.165, 1.54) is 10.7 Å². The molecule has 2 heterocycles. The summed E-state index contributed by atoms with van der Waals surface area (Å²) in [5.74, 6) is 1.32. The van der Waals surface area contributed by atoms with E-state index in [2.05, 4.69) is 31.3 Å². The van der Waals surface area contributed by atoms with Crippen molar-refractivity contribution in [1.82, 2.24) is 14.6 Å². The number of aromatic nitrogens is 3. The molecule has 0 aliphatic heterocycles. The minimum atomic E-state index is -0.448. The molecule has 3 rings (SSSR count). The summed E-state index contributed by atoms with van der Waals surface area (Å²) in [4.78, 5) is 4.14. The average Bonchev–Trinajstić information content (AvgIpc) is 2.94. The minimum absolute atomic E-state index is 0.00851. The molecule has 0 saturated heterocycles. The van der Waals surface area contributed by atoms with Gasteiger partial charge in [0.15, 0.2) is 11.6 Å². The van der Waals surface area contributed by atoms with Crippen molar-refractivity contribution in [2.24, 2.45) is 0 Å². The zero-order valence-corrected chi connectivity index (χ0v) is 17.2. The second-order valence-electron chi connectivity index (χ2n) is 4.84. The van der Waals surface area contributed by atoms with Gasteiger partial charge in [-0.1, -0.05) is 13.8 Å². The number of benzene rings is 1. The number of anilines is 1. The van der Waals surface area contributed by atoms with Crippen LogP contribution < -0.4 is 14.8 Å². The molecule has 0 unspecified atom stereocenters. The first-order valence-corrected chi connectivity index (χ1v) is 9.05. The lowest BCUT2D eigenvalue weighted by Gasteiger charge is -2.12. The van der Waals surface area contributed by atoms with E-state index in [1.807, 2.05) is 26.0 Å². The molecule has 0 aliphatic rings. The van der Waals surface area contributed by atoms with Crippen molar-refractivity contribution in [3.8, 4) is 11.5 Å². The topological polar surface area (TPSA) is 60.7 Å². The second-order valence-corrected chi connectivity index (χ2v) is 5.98. The third-order valence-electron chi connectivity index (χ3n) is 3.44. The van der Waals surface area contributed by atoms with Crippen LogP contribution in [0.3, 0.4) is 0 Å². The molecule has 1 N–H and O–H groups in total. The van der Waals surface area contributed by atoms with Crippen LogP contribution in [0.15, 0.2) is 28.9 Å². The maximum absolute atomic E-state index is 13.8. The Bertz CT molecular complexity index is 904. The van der Waals surface area contributed by atoms with Crippen LogP contribution in [-0.2, 0) is 6.54 Å². The van der Waals surface area contributed by atoms with Crippen molar-refractivity contribution in [3.63, 3.8) is 0 Å². The first-order chi connectivity index (χ1) is 12.5. The molecule has 0 spiro atoms. The van der Waals surface area contributed by atoms with E-state index >= 15 is 0 Å². The highest BCUT2D eigenvalue weighted by Crippen LogP contribution is 2.30. The van der Waals surface area contributed by atoms with Crippen molar-refractivity contribution in [2.45, 2.75) is 20.4 Å². The zero-order valence-electron chi connectivity index (χ0n) is 14.8. The molecule has 2 aromatic heterocycles. The van der Waals surface area contributed by atoms with Crippen LogP contribution in [0.4, 0.5) is 10.2 Å². The van der Waals surface area contributed by atoms with Crippen LogP contribution in [0.25, 0.3) is 5.52 Å². The molecule has 26 heavy (non-hydrogen) atoms. The number of halogens is 3. The van der Waals surface area contributed by atoms with Crippen LogP contribution in [0.5, 0.6) is 11.5 Å². The minimum Gasteiger partial charge on any atom is -0.497 e. The Balaban J connectivity index is 0.00000117. The van der Waals surface area contributed by atoms with Crippen molar-refractivity contribution in [1.29, 1.82) is 0 Å². The van der Waals surface area contributed by atoms with Gasteiger partial charge in [-0.15, -0.1) is 5.10 Å². The molecule has 0 bridgehead atoms. The Labute approximate surface area is 164 Å². The number of fused-ring (bicyclic) bond motifs is 1. The van der Waals surface area contributed by atoms with Gasteiger partial charge in [0.1, 0.15) is 17.0 Å². The first kappa shape index (κ1) is 20.3. The highest BCUT2D eigenvalue weighted by atomic mass is 79.9. The summed E-state index contributed by atoms with van der Waals surface area (Å²) in [6, 6.07) is 5.49. The number of nitrogens with one attached hydrogen (secondary N) is 1. The number of nitrogens with zero attached hydrogens (tertiary/aromatic N) is 3. The fraction of sp³-hybridized carbons (Fsp3) is 0.294. The van der Waals surface area contributed by atoms with Crippen LogP contribution in [0.1, 0.15) is 19.4 Å². The molecule has 6 nitrogen and oxygen atoms in total. The van der Waals surface area contributed by atoms with Crippen LogP contribution in [-0.4, -0.2) is 28.8 Å². The Kier molecular flexibility index (Phi) is 7.05. The lowest BCUT2D eigenvalue weighted by atomic mass is 10.2. The number of hydrogen-bond acceptors (Lipinski definition) is 5. The molecule has 0 saturated carbocycles.